The predicted molar refractivity (Wildman–Crippen MR) is 51.4 cm³/mol. The highest BCUT2D eigenvalue weighted by molar-refractivity contribution is 5.79. The lowest BCUT2D eigenvalue weighted by Gasteiger charge is -2.16. The third-order valence-electron chi connectivity index (χ3n) is 2.63. The number of aliphatic hydroxyl groups excluding tert-OH is 2. The zero-order valence-corrected chi connectivity index (χ0v) is 8.15. The molecule has 0 aromatic carbocycles. The average molecular weight is 202 g/mol. The highest BCUT2D eigenvalue weighted by Gasteiger charge is 2.28. The Labute approximate surface area is 83.3 Å². The molecule has 1 amide bonds. The van der Waals surface area contributed by atoms with Crippen molar-refractivity contribution in [1.29, 1.82) is 0 Å². The molecule has 1 saturated carbocycles. The molecule has 2 unspecified atom stereocenters. The van der Waals surface area contributed by atoms with Crippen LogP contribution in [0.2, 0.25) is 0 Å². The second-order valence-corrected chi connectivity index (χ2v) is 3.84. The summed E-state index contributed by atoms with van der Waals surface area (Å²) in [6.45, 7) is -0.470. The van der Waals surface area contributed by atoms with Crippen LogP contribution in [0.5, 0.6) is 0 Å². The van der Waals surface area contributed by atoms with Crippen LogP contribution in [-0.2, 0) is 4.79 Å². The summed E-state index contributed by atoms with van der Waals surface area (Å²) in [7, 11) is 0. The fourth-order valence-electron chi connectivity index (χ4n) is 1.72. The molecule has 0 aromatic rings. The Morgan fingerprint density at radius 3 is 2.50 bits per heavy atom. The third kappa shape index (κ3) is 2.94. The number of carbonyl (C=O) groups excluding carboxylic acids is 1. The van der Waals surface area contributed by atoms with E-state index in [1.54, 1.807) is 0 Å². The van der Waals surface area contributed by atoms with Gasteiger partial charge in [-0.2, -0.15) is 0 Å². The first-order valence-corrected chi connectivity index (χ1v) is 4.95. The molecule has 5 heteroatoms. The van der Waals surface area contributed by atoms with Gasteiger partial charge in [0.2, 0.25) is 5.91 Å². The van der Waals surface area contributed by atoms with Gasteiger partial charge >= 0.3 is 0 Å². The molecule has 1 aliphatic rings. The van der Waals surface area contributed by atoms with Crippen LogP contribution in [-0.4, -0.2) is 41.4 Å². The first-order valence-electron chi connectivity index (χ1n) is 4.95. The maximum absolute atomic E-state index is 11.5. The van der Waals surface area contributed by atoms with E-state index in [2.05, 4.69) is 5.32 Å². The highest BCUT2D eigenvalue weighted by atomic mass is 16.3. The molecule has 5 nitrogen and oxygen atoms in total. The molecule has 14 heavy (non-hydrogen) atoms. The lowest BCUT2D eigenvalue weighted by Crippen LogP contribution is -2.42. The molecular weight excluding hydrogens is 184 g/mol. The Morgan fingerprint density at radius 1 is 1.43 bits per heavy atom. The van der Waals surface area contributed by atoms with Crippen LogP contribution in [0.25, 0.3) is 0 Å². The Morgan fingerprint density at radius 2 is 2.07 bits per heavy atom. The third-order valence-corrected chi connectivity index (χ3v) is 2.63. The van der Waals surface area contributed by atoms with Crippen LogP contribution in [0, 0.1) is 5.92 Å². The second kappa shape index (κ2) is 5.29. The summed E-state index contributed by atoms with van der Waals surface area (Å²) >= 11 is 0. The van der Waals surface area contributed by atoms with Gasteiger partial charge in [0.15, 0.2) is 0 Å². The van der Waals surface area contributed by atoms with Crippen molar-refractivity contribution < 1.29 is 15.0 Å². The molecule has 1 fully saturated rings. The van der Waals surface area contributed by atoms with Crippen LogP contribution >= 0.6 is 0 Å². The van der Waals surface area contributed by atoms with Gasteiger partial charge in [0.05, 0.1) is 19.3 Å². The molecule has 0 saturated heterocycles. The molecule has 5 N–H and O–H groups in total. The number of nitrogens with one attached hydrogen (secondary N) is 1. The molecule has 0 heterocycles. The quantitative estimate of drug-likeness (QED) is 0.450. The summed E-state index contributed by atoms with van der Waals surface area (Å²) < 4.78 is 0. The number of amides is 1. The molecule has 0 aromatic heterocycles. The van der Waals surface area contributed by atoms with Gasteiger partial charge in [0, 0.05) is 12.0 Å². The maximum atomic E-state index is 11.5. The van der Waals surface area contributed by atoms with Crippen molar-refractivity contribution in [3.63, 3.8) is 0 Å². The maximum Gasteiger partial charge on any atom is 0.223 e. The van der Waals surface area contributed by atoms with Crippen LogP contribution in [0.1, 0.15) is 19.3 Å². The van der Waals surface area contributed by atoms with Gasteiger partial charge in [-0.25, -0.2) is 0 Å². The monoisotopic (exact) mass is 202 g/mol. The van der Waals surface area contributed by atoms with E-state index >= 15 is 0 Å². The van der Waals surface area contributed by atoms with Crippen LogP contribution in [0.15, 0.2) is 0 Å². The van der Waals surface area contributed by atoms with E-state index in [-0.39, 0.29) is 31.1 Å². The van der Waals surface area contributed by atoms with Gasteiger partial charge in [0.1, 0.15) is 0 Å². The van der Waals surface area contributed by atoms with E-state index in [9.17, 15) is 4.79 Å². The molecule has 0 spiro atoms. The van der Waals surface area contributed by atoms with Crippen molar-refractivity contribution in [1.82, 2.24) is 5.32 Å². The van der Waals surface area contributed by atoms with E-state index in [0.29, 0.717) is 6.42 Å². The first-order chi connectivity index (χ1) is 6.67. The van der Waals surface area contributed by atoms with E-state index in [0.717, 1.165) is 12.8 Å². The zero-order valence-electron chi connectivity index (χ0n) is 8.15. The Bertz CT molecular complexity index is 194. The van der Waals surface area contributed by atoms with Crippen molar-refractivity contribution in [3.8, 4) is 0 Å². The lowest BCUT2D eigenvalue weighted by molar-refractivity contribution is -0.126. The Kier molecular flexibility index (Phi) is 4.31. The Balaban J connectivity index is 2.34. The van der Waals surface area contributed by atoms with Crippen molar-refractivity contribution >= 4 is 5.91 Å². The van der Waals surface area contributed by atoms with Crippen molar-refractivity contribution in [3.05, 3.63) is 0 Å². The second-order valence-electron chi connectivity index (χ2n) is 3.84. The zero-order chi connectivity index (χ0) is 10.6. The van der Waals surface area contributed by atoms with Crippen molar-refractivity contribution in [2.24, 2.45) is 11.7 Å². The Hall–Kier alpha value is -0.650. The molecule has 1 aliphatic carbocycles. The van der Waals surface area contributed by atoms with Crippen LogP contribution < -0.4 is 11.1 Å². The number of nitrogens with two attached hydrogens (primary N) is 1. The fourth-order valence-corrected chi connectivity index (χ4v) is 1.72. The van der Waals surface area contributed by atoms with E-state index < -0.39 is 6.04 Å². The summed E-state index contributed by atoms with van der Waals surface area (Å²) in [5.74, 6) is -0.156. The minimum absolute atomic E-state index is 0.0504. The van der Waals surface area contributed by atoms with Gasteiger partial charge in [-0.3, -0.25) is 4.79 Å². The molecule has 0 aliphatic heterocycles. The largest absolute Gasteiger partial charge is 0.394 e. The van der Waals surface area contributed by atoms with Gasteiger partial charge in [-0.15, -0.1) is 0 Å². The minimum Gasteiger partial charge on any atom is -0.394 e. The number of carbonyl (C=O) groups is 1. The number of rotatable bonds is 4. The topological polar surface area (TPSA) is 95.6 Å². The molecule has 1 rings (SSSR count). The van der Waals surface area contributed by atoms with Crippen LogP contribution in [0.3, 0.4) is 0 Å². The van der Waals surface area contributed by atoms with Gasteiger partial charge in [0.25, 0.3) is 0 Å². The van der Waals surface area contributed by atoms with E-state index in [1.165, 1.54) is 0 Å². The smallest absolute Gasteiger partial charge is 0.223 e. The van der Waals surface area contributed by atoms with Crippen LogP contribution in [0.4, 0.5) is 0 Å². The van der Waals surface area contributed by atoms with Crippen molar-refractivity contribution in [2.45, 2.75) is 31.3 Å². The average Bonchev–Trinajstić information content (AvgIpc) is 2.61. The van der Waals surface area contributed by atoms with Gasteiger partial charge in [-0.05, 0) is 19.3 Å². The fraction of sp³-hybridized carbons (Fsp3) is 0.889. The normalized spacial score (nSPS) is 26.9. The summed E-state index contributed by atoms with van der Waals surface area (Å²) in [5.41, 5.74) is 5.68. The van der Waals surface area contributed by atoms with Gasteiger partial charge in [-0.1, -0.05) is 0 Å². The highest BCUT2D eigenvalue weighted by Crippen LogP contribution is 2.24. The predicted octanol–water partition coefficient (Wildman–Crippen LogP) is -1.42. The number of hydrogen-bond donors (Lipinski definition) is 4. The summed E-state index contributed by atoms with van der Waals surface area (Å²) in [6.07, 6.45) is 2.38. The first kappa shape index (κ1) is 11.4. The number of aliphatic hydroxyl groups is 2. The number of hydrogen-bond acceptors (Lipinski definition) is 4. The molecule has 2 atom stereocenters. The molecule has 0 radical (unpaired) electrons. The van der Waals surface area contributed by atoms with Crippen molar-refractivity contribution in [2.75, 3.05) is 13.2 Å². The SMILES string of the molecule is NC1CCC(C(=O)NC(CO)CO)C1. The summed E-state index contributed by atoms with van der Waals surface area (Å²) in [5, 5.41) is 20.1. The summed E-state index contributed by atoms with van der Waals surface area (Å²) in [4.78, 5) is 11.5. The lowest BCUT2D eigenvalue weighted by atomic mass is 10.1. The van der Waals surface area contributed by atoms with E-state index in [1.807, 2.05) is 0 Å². The minimum atomic E-state index is -0.542. The molecular formula is C9H18N2O3. The summed E-state index contributed by atoms with van der Waals surface area (Å²) in [6, 6.07) is -0.424. The van der Waals surface area contributed by atoms with Gasteiger partial charge < -0.3 is 21.3 Å². The van der Waals surface area contributed by atoms with E-state index in [4.69, 9.17) is 15.9 Å². The standard InChI is InChI=1S/C9H18N2O3/c10-7-2-1-6(3-7)9(14)11-8(4-12)5-13/h6-8,12-13H,1-5,10H2,(H,11,14). The molecule has 82 valence electrons. The molecule has 0 bridgehead atoms.